The van der Waals surface area contributed by atoms with E-state index in [1.807, 2.05) is 0 Å². The van der Waals surface area contributed by atoms with Crippen molar-refractivity contribution in [1.82, 2.24) is 15.5 Å². The SMILES string of the molecule is Fc1ccccc1C1CCNCc2c1ccc(-c1ccc(C(F)(F)F)nn1)c2F. The molecule has 1 unspecified atom stereocenters. The standard InChI is InChI=1S/C21H16F5N3/c22-17-4-2-1-3-14(17)13-9-10-27-11-16-12(13)5-6-15(20(16)23)18-7-8-19(29-28-18)21(24,25)26/h1-8,13,27H,9-11H2. The first-order chi connectivity index (χ1) is 13.9. The van der Waals surface area contributed by atoms with Crippen LogP contribution in [0.25, 0.3) is 11.3 Å². The summed E-state index contributed by atoms with van der Waals surface area (Å²) >= 11 is 0. The van der Waals surface area contributed by atoms with Gasteiger partial charge in [0.05, 0.1) is 5.69 Å². The number of hydrogen-bond donors (Lipinski definition) is 1. The van der Waals surface area contributed by atoms with Gasteiger partial charge in [0, 0.05) is 23.6 Å². The molecule has 2 aromatic carbocycles. The predicted octanol–water partition coefficient (Wildman–Crippen LogP) is 5.07. The average Bonchev–Trinajstić information content (AvgIpc) is 2.91. The van der Waals surface area contributed by atoms with Crippen molar-refractivity contribution in [2.45, 2.75) is 25.1 Å². The highest BCUT2D eigenvalue weighted by molar-refractivity contribution is 5.62. The van der Waals surface area contributed by atoms with E-state index in [1.165, 1.54) is 12.1 Å². The number of hydrogen-bond acceptors (Lipinski definition) is 3. The Balaban J connectivity index is 1.78. The number of benzene rings is 2. The highest BCUT2D eigenvalue weighted by Crippen LogP contribution is 2.37. The van der Waals surface area contributed by atoms with Gasteiger partial charge in [-0.1, -0.05) is 24.3 Å². The van der Waals surface area contributed by atoms with Crippen molar-refractivity contribution < 1.29 is 22.0 Å². The van der Waals surface area contributed by atoms with Crippen LogP contribution in [-0.4, -0.2) is 16.7 Å². The van der Waals surface area contributed by atoms with E-state index < -0.39 is 17.7 Å². The van der Waals surface area contributed by atoms with Gasteiger partial charge in [-0.05, 0) is 48.4 Å². The molecule has 150 valence electrons. The van der Waals surface area contributed by atoms with E-state index in [0.29, 0.717) is 29.7 Å². The van der Waals surface area contributed by atoms with E-state index >= 15 is 4.39 Å². The van der Waals surface area contributed by atoms with Gasteiger partial charge in [0.2, 0.25) is 0 Å². The van der Waals surface area contributed by atoms with Gasteiger partial charge < -0.3 is 5.32 Å². The minimum absolute atomic E-state index is 0.00462. The normalized spacial score (nSPS) is 16.9. The molecule has 4 rings (SSSR count). The number of fused-ring (bicyclic) bond motifs is 1. The van der Waals surface area contributed by atoms with Crippen LogP contribution >= 0.6 is 0 Å². The molecular formula is C21H16F5N3. The Morgan fingerprint density at radius 1 is 0.897 bits per heavy atom. The lowest BCUT2D eigenvalue weighted by molar-refractivity contribution is -0.141. The maximum atomic E-state index is 15.3. The molecule has 0 radical (unpaired) electrons. The molecule has 1 aliphatic rings. The number of nitrogens with zero attached hydrogens (tertiary/aromatic N) is 2. The lowest BCUT2D eigenvalue weighted by Crippen LogP contribution is -2.13. The number of halogens is 5. The first-order valence-electron chi connectivity index (χ1n) is 9.04. The minimum Gasteiger partial charge on any atom is -0.313 e. The quantitative estimate of drug-likeness (QED) is 0.606. The average molecular weight is 405 g/mol. The molecular weight excluding hydrogens is 389 g/mol. The smallest absolute Gasteiger partial charge is 0.313 e. The molecule has 1 N–H and O–H groups in total. The lowest BCUT2D eigenvalue weighted by atomic mass is 9.85. The number of rotatable bonds is 2. The van der Waals surface area contributed by atoms with Crippen LogP contribution in [0.2, 0.25) is 0 Å². The van der Waals surface area contributed by atoms with E-state index in [-0.39, 0.29) is 29.5 Å². The molecule has 0 aliphatic carbocycles. The van der Waals surface area contributed by atoms with Gasteiger partial charge in [-0.25, -0.2) is 8.78 Å². The lowest BCUT2D eigenvalue weighted by Gasteiger charge is -2.20. The first kappa shape index (κ1) is 19.4. The summed E-state index contributed by atoms with van der Waals surface area (Å²) in [4.78, 5) is 0. The molecule has 2 heterocycles. The fraction of sp³-hybridized carbons (Fsp3) is 0.238. The Kier molecular flexibility index (Phi) is 5.04. The second-order valence-corrected chi connectivity index (χ2v) is 6.84. The topological polar surface area (TPSA) is 37.8 Å². The molecule has 0 saturated carbocycles. The van der Waals surface area contributed by atoms with Gasteiger partial charge in [0.25, 0.3) is 0 Å². The second-order valence-electron chi connectivity index (χ2n) is 6.84. The van der Waals surface area contributed by atoms with Crippen molar-refractivity contribution in [2.24, 2.45) is 0 Å². The van der Waals surface area contributed by atoms with Crippen LogP contribution in [0.1, 0.15) is 34.7 Å². The van der Waals surface area contributed by atoms with Crippen LogP contribution < -0.4 is 5.32 Å². The molecule has 3 nitrogen and oxygen atoms in total. The van der Waals surface area contributed by atoms with Gasteiger partial charge in [0.15, 0.2) is 5.69 Å². The van der Waals surface area contributed by atoms with Crippen molar-refractivity contribution in [3.8, 4) is 11.3 Å². The fourth-order valence-electron chi connectivity index (χ4n) is 3.66. The highest BCUT2D eigenvalue weighted by atomic mass is 19.4. The van der Waals surface area contributed by atoms with Crippen molar-refractivity contribution in [3.05, 3.63) is 82.5 Å². The minimum atomic E-state index is -4.62. The third kappa shape index (κ3) is 3.72. The Morgan fingerprint density at radius 2 is 1.69 bits per heavy atom. The summed E-state index contributed by atoms with van der Waals surface area (Å²) in [7, 11) is 0. The summed E-state index contributed by atoms with van der Waals surface area (Å²) in [5.41, 5.74) is 0.416. The third-order valence-corrected chi connectivity index (χ3v) is 5.08. The monoisotopic (exact) mass is 405 g/mol. The molecule has 29 heavy (non-hydrogen) atoms. The zero-order valence-corrected chi connectivity index (χ0v) is 15.1. The summed E-state index contributed by atoms with van der Waals surface area (Å²) in [6, 6.07) is 11.4. The second kappa shape index (κ2) is 7.51. The summed E-state index contributed by atoms with van der Waals surface area (Å²) in [6.45, 7) is 0.802. The Morgan fingerprint density at radius 3 is 2.38 bits per heavy atom. The Bertz CT molecular complexity index is 1030. The zero-order chi connectivity index (χ0) is 20.6. The van der Waals surface area contributed by atoms with E-state index in [1.54, 1.807) is 24.3 Å². The van der Waals surface area contributed by atoms with E-state index in [2.05, 4.69) is 15.5 Å². The summed E-state index contributed by atoms with van der Waals surface area (Å²) in [6.07, 6.45) is -4.03. The van der Waals surface area contributed by atoms with Gasteiger partial charge in [-0.15, -0.1) is 10.2 Å². The summed E-state index contributed by atoms with van der Waals surface area (Å²) < 4.78 is 67.8. The molecule has 0 bridgehead atoms. The van der Waals surface area contributed by atoms with Crippen molar-refractivity contribution >= 4 is 0 Å². The van der Waals surface area contributed by atoms with Crippen LogP contribution in [-0.2, 0) is 12.7 Å². The Labute approximate surface area is 163 Å². The molecule has 0 amide bonds. The van der Waals surface area contributed by atoms with Crippen LogP contribution in [0.4, 0.5) is 22.0 Å². The Hall–Kier alpha value is -2.87. The molecule has 3 aromatic rings. The van der Waals surface area contributed by atoms with E-state index in [4.69, 9.17) is 0 Å². The number of alkyl halides is 3. The highest BCUT2D eigenvalue weighted by Gasteiger charge is 2.33. The summed E-state index contributed by atoms with van der Waals surface area (Å²) in [5, 5.41) is 9.84. The molecule has 1 atom stereocenters. The van der Waals surface area contributed by atoms with E-state index in [9.17, 15) is 17.6 Å². The first-order valence-corrected chi connectivity index (χ1v) is 9.04. The molecule has 0 fully saturated rings. The van der Waals surface area contributed by atoms with Crippen LogP contribution in [0.5, 0.6) is 0 Å². The fourth-order valence-corrected chi connectivity index (χ4v) is 3.66. The molecule has 1 aliphatic heterocycles. The van der Waals surface area contributed by atoms with Gasteiger partial charge >= 0.3 is 6.18 Å². The van der Waals surface area contributed by atoms with Crippen molar-refractivity contribution in [1.29, 1.82) is 0 Å². The van der Waals surface area contributed by atoms with Gasteiger partial charge in [-0.2, -0.15) is 13.2 Å². The van der Waals surface area contributed by atoms with Crippen LogP contribution in [0.15, 0.2) is 48.5 Å². The number of nitrogens with one attached hydrogen (secondary N) is 1. The molecule has 8 heteroatoms. The van der Waals surface area contributed by atoms with E-state index in [0.717, 1.165) is 12.1 Å². The van der Waals surface area contributed by atoms with Crippen LogP contribution in [0, 0.1) is 11.6 Å². The largest absolute Gasteiger partial charge is 0.435 e. The maximum Gasteiger partial charge on any atom is 0.435 e. The maximum absolute atomic E-state index is 15.3. The third-order valence-electron chi connectivity index (χ3n) is 5.08. The molecule has 0 saturated heterocycles. The molecule has 1 aromatic heterocycles. The predicted molar refractivity (Wildman–Crippen MR) is 97.0 cm³/mol. The number of aromatic nitrogens is 2. The molecule has 0 spiro atoms. The van der Waals surface area contributed by atoms with Crippen molar-refractivity contribution in [3.63, 3.8) is 0 Å². The zero-order valence-electron chi connectivity index (χ0n) is 15.1. The summed E-state index contributed by atoms with van der Waals surface area (Å²) in [5.74, 6) is -1.28. The van der Waals surface area contributed by atoms with Crippen LogP contribution in [0.3, 0.4) is 0 Å². The van der Waals surface area contributed by atoms with Gasteiger partial charge in [0.1, 0.15) is 11.6 Å². The van der Waals surface area contributed by atoms with Gasteiger partial charge in [-0.3, -0.25) is 0 Å². The van der Waals surface area contributed by atoms with Crippen molar-refractivity contribution in [2.75, 3.05) is 6.54 Å².